The van der Waals surface area contributed by atoms with E-state index in [4.69, 9.17) is 9.29 Å². The fourth-order valence-corrected chi connectivity index (χ4v) is 2.47. The zero-order chi connectivity index (χ0) is 18.6. The molecular weight excluding hydrogens is 375 g/mol. The van der Waals surface area contributed by atoms with Gasteiger partial charge in [0.05, 0.1) is 19.1 Å². The van der Waals surface area contributed by atoms with Crippen LogP contribution in [0.2, 0.25) is 0 Å². The summed E-state index contributed by atoms with van der Waals surface area (Å²) in [5, 5.41) is 0. The van der Waals surface area contributed by atoms with Crippen molar-refractivity contribution in [3.63, 3.8) is 0 Å². The van der Waals surface area contributed by atoms with Gasteiger partial charge in [-0.05, 0) is 36.4 Å². The minimum absolute atomic E-state index is 0. The van der Waals surface area contributed by atoms with Gasteiger partial charge in [0.25, 0.3) is 10.1 Å². The Bertz CT molecular complexity index is 872. The fraction of sp³-hybridized carbons (Fsp3) is 0.125. The van der Waals surface area contributed by atoms with Crippen molar-refractivity contribution in [1.29, 1.82) is 0 Å². The summed E-state index contributed by atoms with van der Waals surface area (Å²) in [5.74, 6) is -1.42. The maximum absolute atomic E-state index is 11.9. The van der Waals surface area contributed by atoms with Gasteiger partial charge in [-0.25, -0.2) is 9.59 Å². The number of benzene rings is 2. The second-order valence-corrected chi connectivity index (χ2v) is 6.14. The first-order chi connectivity index (χ1) is 11.8. The van der Waals surface area contributed by atoms with Crippen LogP contribution in [0.4, 0.5) is 0 Å². The Morgan fingerprint density at radius 2 is 1.35 bits per heavy atom. The molecule has 0 saturated carbocycles. The number of para-hydroxylation sites is 1. The van der Waals surface area contributed by atoms with Crippen LogP contribution >= 0.6 is 0 Å². The van der Waals surface area contributed by atoms with Crippen molar-refractivity contribution >= 4 is 51.6 Å². The van der Waals surface area contributed by atoms with E-state index in [-0.39, 0.29) is 57.1 Å². The molecule has 0 aromatic heterocycles. The van der Waals surface area contributed by atoms with Crippen LogP contribution in [0, 0.1) is 0 Å². The van der Waals surface area contributed by atoms with Gasteiger partial charge in [-0.3, -0.25) is 4.55 Å². The third-order valence-corrected chi connectivity index (χ3v) is 4.04. The predicted molar refractivity (Wildman–Crippen MR) is 91.2 cm³/mol. The van der Waals surface area contributed by atoms with E-state index in [0.717, 1.165) is 12.1 Å². The molecule has 0 unspecified atom stereocenters. The second kappa shape index (κ2) is 9.15. The van der Waals surface area contributed by atoms with E-state index < -0.39 is 22.1 Å². The smallest absolute Gasteiger partial charge is 0.341 e. The van der Waals surface area contributed by atoms with Crippen molar-refractivity contribution in [3.05, 3.63) is 53.6 Å². The molecule has 2 aromatic carbocycles. The summed E-state index contributed by atoms with van der Waals surface area (Å²) < 4.78 is 46.0. The zero-order valence-electron chi connectivity index (χ0n) is 14.3. The molecule has 0 amide bonds. The van der Waals surface area contributed by atoms with Crippen LogP contribution in [-0.2, 0) is 19.6 Å². The Morgan fingerprint density at radius 1 is 0.885 bits per heavy atom. The van der Waals surface area contributed by atoms with Gasteiger partial charge in [0, 0.05) is 29.6 Å². The SMILES string of the molecule is COC(=O)c1cccc(C(=O)OC)c1Oc1ccc(S(=O)(=O)O)cc1.[Na]. The Labute approximate surface area is 172 Å². The molecule has 1 radical (unpaired) electrons. The Morgan fingerprint density at radius 3 is 1.73 bits per heavy atom. The summed E-state index contributed by atoms with van der Waals surface area (Å²) in [5.41, 5.74) is -0.0199. The van der Waals surface area contributed by atoms with Crippen LogP contribution in [0.1, 0.15) is 20.7 Å². The van der Waals surface area contributed by atoms with Crippen LogP contribution in [-0.4, -0.2) is 68.7 Å². The average molecular weight is 389 g/mol. The molecule has 2 aromatic rings. The van der Waals surface area contributed by atoms with E-state index in [2.05, 4.69) is 9.47 Å². The summed E-state index contributed by atoms with van der Waals surface area (Å²) in [7, 11) is -1.99. The molecular formula is C16H14NaO8S. The first-order valence-electron chi connectivity index (χ1n) is 6.83. The summed E-state index contributed by atoms with van der Waals surface area (Å²) in [4.78, 5) is 23.5. The Hall–Kier alpha value is -1.91. The van der Waals surface area contributed by atoms with Crippen molar-refractivity contribution in [1.82, 2.24) is 0 Å². The molecule has 0 spiro atoms. The molecule has 1 N–H and O–H groups in total. The average Bonchev–Trinajstić information content (AvgIpc) is 2.60. The van der Waals surface area contributed by atoms with Gasteiger partial charge in [-0.1, -0.05) is 6.07 Å². The van der Waals surface area contributed by atoms with E-state index in [1.807, 2.05) is 0 Å². The van der Waals surface area contributed by atoms with Gasteiger partial charge in [0.1, 0.15) is 16.9 Å². The summed E-state index contributed by atoms with van der Waals surface area (Å²) in [6.45, 7) is 0. The van der Waals surface area contributed by atoms with Crippen molar-refractivity contribution in [2.75, 3.05) is 14.2 Å². The molecule has 0 aliphatic heterocycles. The molecule has 10 heteroatoms. The molecule has 0 saturated heterocycles. The maximum Gasteiger partial charge on any atom is 0.341 e. The Balaban J connectivity index is 0.00000338. The molecule has 2 rings (SSSR count). The first kappa shape index (κ1) is 22.1. The van der Waals surface area contributed by atoms with Crippen LogP contribution in [0.15, 0.2) is 47.4 Å². The third kappa shape index (κ3) is 5.05. The van der Waals surface area contributed by atoms with Crippen LogP contribution in [0.5, 0.6) is 11.5 Å². The van der Waals surface area contributed by atoms with E-state index in [1.165, 1.54) is 44.6 Å². The van der Waals surface area contributed by atoms with E-state index in [0.29, 0.717) is 0 Å². The number of esters is 2. The molecule has 0 bridgehead atoms. The summed E-state index contributed by atoms with van der Waals surface area (Å²) >= 11 is 0. The van der Waals surface area contributed by atoms with Crippen LogP contribution in [0.25, 0.3) is 0 Å². The summed E-state index contributed by atoms with van der Waals surface area (Å²) in [6, 6.07) is 9.02. The van der Waals surface area contributed by atoms with Crippen LogP contribution in [0.3, 0.4) is 0 Å². The molecule has 133 valence electrons. The largest absolute Gasteiger partial charge is 0.465 e. The van der Waals surface area contributed by atoms with Gasteiger partial charge < -0.3 is 14.2 Å². The molecule has 0 aliphatic rings. The third-order valence-electron chi connectivity index (χ3n) is 3.17. The van der Waals surface area contributed by atoms with Crippen molar-refractivity contribution in [3.8, 4) is 11.5 Å². The van der Waals surface area contributed by atoms with Gasteiger partial charge in [-0.2, -0.15) is 8.42 Å². The number of methoxy groups -OCH3 is 2. The van der Waals surface area contributed by atoms with Crippen molar-refractivity contribution in [2.45, 2.75) is 4.90 Å². The number of carbonyl (C=O) groups excluding carboxylic acids is 2. The topological polar surface area (TPSA) is 116 Å². The minimum Gasteiger partial charge on any atom is -0.465 e. The first-order valence-corrected chi connectivity index (χ1v) is 8.27. The predicted octanol–water partition coefficient (Wildman–Crippen LogP) is 1.92. The molecule has 0 heterocycles. The monoisotopic (exact) mass is 389 g/mol. The van der Waals surface area contributed by atoms with Crippen molar-refractivity contribution < 1.29 is 36.8 Å². The number of hydrogen-bond acceptors (Lipinski definition) is 7. The van der Waals surface area contributed by atoms with E-state index in [1.54, 1.807) is 0 Å². The number of hydrogen-bond donors (Lipinski definition) is 1. The molecule has 0 fully saturated rings. The van der Waals surface area contributed by atoms with Gasteiger partial charge in [-0.15, -0.1) is 0 Å². The van der Waals surface area contributed by atoms with E-state index >= 15 is 0 Å². The van der Waals surface area contributed by atoms with Gasteiger partial charge in [0.2, 0.25) is 0 Å². The van der Waals surface area contributed by atoms with Gasteiger partial charge in [0.15, 0.2) is 5.75 Å². The van der Waals surface area contributed by atoms with E-state index in [9.17, 15) is 18.0 Å². The standard InChI is InChI=1S/C16H14O8S.Na/c1-22-15(17)12-4-3-5-13(16(18)23-2)14(12)24-10-6-8-11(9-7-10)25(19,20)21;/h3-9H,1-2H3,(H,19,20,21);. The number of ether oxygens (including phenoxy) is 3. The molecule has 0 aliphatic carbocycles. The zero-order valence-corrected chi connectivity index (χ0v) is 17.1. The number of carbonyl (C=O) groups is 2. The quantitative estimate of drug-likeness (QED) is 0.468. The van der Waals surface area contributed by atoms with Crippen molar-refractivity contribution in [2.24, 2.45) is 0 Å². The fourth-order valence-electron chi connectivity index (χ4n) is 1.99. The minimum atomic E-state index is -4.35. The molecule has 26 heavy (non-hydrogen) atoms. The number of rotatable bonds is 5. The van der Waals surface area contributed by atoms with Crippen LogP contribution < -0.4 is 4.74 Å². The normalized spacial score (nSPS) is 10.4. The maximum atomic E-state index is 11.9. The Kier molecular flexibility index (Phi) is 7.79. The summed E-state index contributed by atoms with van der Waals surface area (Å²) in [6.07, 6.45) is 0. The molecule has 8 nitrogen and oxygen atoms in total. The second-order valence-electron chi connectivity index (χ2n) is 4.71. The van der Waals surface area contributed by atoms with Gasteiger partial charge >= 0.3 is 11.9 Å². The molecule has 0 atom stereocenters.